The zero-order chi connectivity index (χ0) is 13.0. The molecule has 2 rings (SSSR count). The van der Waals surface area contributed by atoms with Gasteiger partial charge in [-0.2, -0.15) is 0 Å². The maximum Gasteiger partial charge on any atom is 0.0488 e. The van der Waals surface area contributed by atoms with E-state index in [2.05, 4.69) is 49.4 Å². The van der Waals surface area contributed by atoms with Crippen LogP contribution >= 0.6 is 0 Å². The molecule has 2 aromatic carbocycles. The normalized spacial score (nSPS) is 11.6. The first-order valence-electron chi connectivity index (χ1n) is 6.09. The van der Waals surface area contributed by atoms with Crippen LogP contribution in [-0.2, 0) is 0 Å². The lowest BCUT2D eigenvalue weighted by Gasteiger charge is -2.18. The van der Waals surface area contributed by atoms with Gasteiger partial charge in [-0.05, 0) is 43.2 Å². The molecule has 0 aromatic heterocycles. The monoisotopic (exact) mass is 235 g/mol. The van der Waals surface area contributed by atoms with Crippen LogP contribution in [0.4, 0.5) is 5.69 Å². The van der Waals surface area contributed by atoms with Crippen molar-refractivity contribution in [2.45, 2.75) is 19.9 Å². The standard InChI is InChI=1S/C17H17N/c1-4-15-9-7-10-16(12-15)18-14(3)17-11-6-5-8-13(17)2/h1,5-12,14,18H,2-3H3. The highest BCUT2D eigenvalue weighted by molar-refractivity contribution is 5.51. The van der Waals surface area contributed by atoms with Gasteiger partial charge in [-0.25, -0.2) is 0 Å². The Balaban J connectivity index is 2.19. The van der Waals surface area contributed by atoms with E-state index in [0.717, 1.165) is 11.3 Å². The lowest BCUT2D eigenvalue weighted by molar-refractivity contribution is 0.874. The summed E-state index contributed by atoms with van der Waals surface area (Å²) >= 11 is 0. The van der Waals surface area contributed by atoms with Gasteiger partial charge in [0.2, 0.25) is 0 Å². The fraction of sp³-hybridized carbons (Fsp3) is 0.176. The maximum absolute atomic E-state index is 5.41. The molecule has 0 fully saturated rings. The van der Waals surface area contributed by atoms with Gasteiger partial charge in [-0.1, -0.05) is 36.3 Å². The van der Waals surface area contributed by atoms with Gasteiger partial charge in [0.25, 0.3) is 0 Å². The van der Waals surface area contributed by atoms with E-state index in [1.165, 1.54) is 11.1 Å². The number of anilines is 1. The van der Waals surface area contributed by atoms with E-state index in [0.29, 0.717) is 0 Å². The molecule has 2 aromatic rings. The van der Waals surface area contributed by atoms with E-state index in [1.54, 1.807) is 0 Å². The molecule has 0 aliphatic carbocycles. The largest absolute Gasteiger partial charge is 0.378 e. The van der Waals surface area contributed by atoms with Gasteiger partial charge in [0, 0.05) is 17.3 Å². The Morgan fingerprint density at radius 2 is 1.89 bits per heavy atom. The zero-order valence-electron chi connectivity index (χ0n) is 10.8. The molecule has 0 saturated carbocycles. The summed E-state index contributed by atoms with van der Waals surface area (Å²) in [5.41, 5.74) is 4.56. The van der Waals surface area contributed by atoms with Crippen LogP contribution in [0.1, 0.15) is 29.7 Å². The van der Waals surface area contributed by atoms with Crippen LogP contribution in [0.25, 0.3) is 0 Å². The summed E-state index contributed by atoms with van der Waals surface area (Å²) in [5.74, 6) is 2.65. The quantitative estimate of drug-likeness (QED) is 0.788. The van der Waals surface area contributed by atoms with E-state index >= 15 is 0 Å². The molecule has 1 heteroatoms. The molecule has 1 unspecified atom stereocenters. The van der Waals surface area contributed by atoms with E-state index in [1.807, 2.05) is 24.3 Å². The lowest BCUT2D eigenvalue weighted by atomic mass is 10.0. The molecule has 0 spiro atoms. The molecule has 1 N–H and O–H groups in total. The molecule has 1 nitrogen and oxygen atoms in total. The summed E-state index contributed by atoms with van der Waals surface area (Å²) in [6, 6.07) is 16.6. The maximum atomic E-state index is 5.41. The van der Waals surface area contributed by atoms with Gasteiger partial charge in [-0.15, -0.1) is 6.42 Å². The predicted molar refractivity (Wildman–Crippen MR) is 77.6 cm³/mol. The third kappa shape index (κ3) is 2.73. The van der Waals surface area contributed by atoms with Crippen LogP contribution in [0.2, 0.25) is 0 Å². The molecule has 0 radical (unpaired) electrons. The van der Waals surface area contributed by atoms with Crippen LogP contribution in [-0.4, -0.2) is 0 Å². The van der Waals surface area contributed by atoms with Crippen molar-refractivity contribution in [2.75, 3.05) is 5.32 Å². The Bertz CT molecular complexity index is 578. The van der Waals surface area contributed by atoms with Crippen molar-refractivity contribution in [2.24, 2.45) is 0 Å². The lowest BCUT2D eigenvalue weighted by Crippen LogP contribution is -2.08. The molecule has 0 amide bonds. The van der Waals surface area contributed by atoms with Crippen molar-refractivity contribution in [3.63, 3.8) is 0 Å². The number of benzene rings is 2. The van der Waals surface area contributed by atoms with Crippen molar-refractivity contribution < 1.29 is 0 Å². The van der Waals surface area contributed by atoms with Gasteiger partial charge >= 0.3 is 0 Å². The minimum absolute atomic E-state index is 0.263. The van der Waals surface area contributed by atoms with Crippen molar-refractivity contribution in [3.05, 3.63) is 65.2 Å². The molecule has 0 saturated heterocycles. The number of rotatable bonds is 3. The Labute approximate surface area is 109 Å². The highest BCUT2D eigenvalue weighted by Gasteiger charge is 2.07. The van der Waals surface area contributed by atoms with Crippen molar-refractivity contribution >= 4 is 5.69 Å². The summed E-state index contributed by atoms with van der Waals surface area (Å²) in [5, 5.41) is 3.48. The first kappa shape index (κ1) is 12.3. The molecule has 1 atom stereocenters. The average molecular weight is 235 g/mol. The highest BCUT2D eigenvalue weighted by Crippen LogP contribution is 2.22. The Morgan fingerprint density at radius 3 is 2.61 bits per heavy atom. The first-order chi connectivity index (χ1) is 8.70. The fourth-order valence-corrected chi connectivity index (χ4v) is 2.10. The third-order valence-corrected chi connectivity index (χ3v) is 3.07. The second-order valence-electron chi connectivity index (χ2n) is 4.45. The van der Waals surface area contributed by atoms with Crippen LogP contribution in [0.5, 0.6) is 0 Å². The number of hydrogen-bond donors (Lipinski definition) is 1. The van der Waals surface area contributed by atoms with Crippen LogP contribution in [0, 0.1) is 19.3 Å². The van der Waals surface area contributed by atoms with Crippen molar-refractivity contribution in [1.82, 2.24) is 0 Å². The Hall–Kier alpha value is -2.20. The SMILES string of the molecule is C#Cc1cccc(NC(C)c2ccccc2C)c1. The summed E-state index contributed by atoms with van der Waals surface area (Å²) in [6.07, 6.45) is 5.41. The van der Waals surface area contributed by atoms with Crippen LogP contribution in [0.15, 0.2) is 48.5 Å². The highest BCUT2D eigenvalue weighted by atomic mass is 14.9. The van der Waals surface area contributed by atoms with Gasteiger partial charge < -0.3 is 5.32 Å². The smallest absolute Gasteiger partial charge is 0.0488 e. The second-order valence-corrected chi connectivity index (χ2v) is 4.45. The summed E-state index contributed by atoms with van der Waals surface area (Å²) < 4.78 is 0. The first-order valence-corrected chi connectivity index (χ1v) is 6.09. The molecular weight excluding hydrogens is 218 g/mol. The van der Waals surface area contributed by atoms with E-state index in [9.17, 15) is 0 Å². The molecule has 0 aliphatic rings. The topological polar surface area (TPSA) is 12.0 Å². The predicted octanol–water partition coefficient (Wildman–Crippen LogP) is 4.15. The van der Waals surface area contributed by atoms with Gasteiger partial charge in [-0.3, -0.25) is 0 Å². The van der Waals surface area contributed by atoms with E-state index in [4.69, 9.17) is 6.42 Å². The van der Waals surface area contributed by atoms with Crippen molar-refractivity contribution in [1.29, 1.82) is 0 Å². The number of hydrogen-bond acceptors (Lipinski definition) is 1. The van der Waals surface area contributed by atoms with Crippen LogP contribution < -0.4 is 5.32 Å². The van der Waals surface area contributed by atoms with Crippen molar-refractivity contribution in [3.8, 4) is 12.3 Å². The summed E-state index contributed by atoms with van der Waals surface area (Å²) in [4.78, 5) is 0. The molecule has 90 valence electrons. The molecule has 0 bridgehead atoms. The van der Waals surface area contributed by atoms with Gasteiger partial charge in [0.15, 0.2) is 0 Å². The third-order valence-electron chi connectivity index (χ3n) is 3.07. The van der Waals surface area contributed by atoms with Gasteiger partial charge in [0.1, 0.15) is 0 Å². The summed E-state index contributed by atoms with van der Waals surface area (Å²) in [6.45, 7) is 4.29. The number of nitrogens with one attached hydrogen (secondary N) is 1. The molecular formula is C17H17N. The van der Waals surface area contributed by atoms with E-state index in [-0.39, 0.29) is 6.04 Å². The second kappa shape index (κ2) is 5.42. The summed E-state index contributed by atoms with van der Waals surface area (Å²) in [7, 11) is 0. The van der Waals surface area contributed by atoms with E-state index < -0.39 is 0 Å². The minimum Gasteiger partial charge on any atom is -0.378 e. The average Bonchev–Trinajstić information content (AvgIpc) is 2.39. The molecule has 0 aliphatic heterocycles. The van der Waals surface area contributed by atoms with Crippen LogP contribution in [0.3, 0.4) is 0 Å². The number of terminal acetylenes is 1. The van der Waals surface area contributed by atoms with Gasteiger partial charge in [0.05, 0.1) is 0 Å². The molecule has 18 heavy (non-hydrogen) atoms. The molecule has 0 heterocycles. The minimum atomic E-state index is 0.263. The fourth-order valence-electron chi connectivity index (χ4n) is 2.10. The Morgan fingerprint density at radius 1 is 1.11 bits per heavy atom. The Kier molecular flexibility index (Phi) is 3.69. The zero-order valence-corrected chi connectivity index (χ0v) is 10.8. The number of aryl methyl sites for hydroxylation is 1.